The van der Waals surface area contributed by atoms with E-state index in [2.05, 4.69) is 2.84 Å². The Morgan fingerprint density at radius 3 is 1.13 bits per heavy atom. The van der Waals surface area contributed by atoms with Crippen LogP contribution < -0.4 is 67.4 Å². The van der Waals surface area contributed by atoms with E-state index in [0.717, 1.165) is 0 Å². The van der Waals surface area contributed by atoms with Crippen LogP contribution in [0.1, 0.15) is 0 Å². The Morgan fingerprint density at radius 2 is 1.13 bits per heavy atom. The molecule has 0 radical (unpaired) electrons. The average molecular weight is 325 g/mol. The van der Waals surface area contributed by atoms with Crippen molar-refractivity contribution in [1.82, 2.24) is 0 Å². The second-order valence-corrected chi connectivity index (χ2v) is 4.76. The van der Waals surface area contributed by atoms with Crippen LogP contribution in [-0.4, -0.2) is 10.3 Å². The summed E-state index contributed by atoms with van der Waals surface area (Å²) >= 11 is -12.1. The average Bonchev–Trinajstić information content (AvgIpc) is 1.47. The fraction of sp³-hybridized carbons (Fsp3) is 0. The van der Waals surface area contributed by atoms with E-state index in [9.17, 15) is 23.5 Å². The Kier molecular flexibility index (Phi) is 17.7. The third kappa shape index (κ3) is 50.7. The predicted molar refractivity (Wildman–Crippen MR) is 12.6 cm³/mol. The summed E-state index contributed by atoms with van der Waals surface area (Å²) in [6.45, 7) is 0. The minimum atomic E-state index is -6.07. The van der Waals surface area contributed by atoms with Gasteiger partial charge in [-0.05, 0) is 0 Å². The van der Waals surface area contributed by atoms with Crippen molar-refractivity contribution in [3.05, 3.63) is 10.1 Å². The number of rotatable bonds is 2. The molecule has 0 aromatic carbocycles. The van der Waals surface area contributed by atoms with Crippen molar-refractivity contribution in [2.45, 2.75) is 0 Å². The van der Waals surface area contributed by atoms with Crippen LogP contribution in [0.5, 0.6) is 0 Å². The van der Waals surface area contributed by atoms with E-state index in [1.165, 1.54) is 0 Å². The fourth-order valence-electron chi connectivity index (χ4n) is 0.102. The van der Waals surface area contributed by atoms with Gasteiger partial charge < -0.3 is 5.21 Å². The Hall–Kier alpha value is 1.34. The molecule has 0 aromatic rings. The Balaban J connectivity index is -0.0000000883. The van der Waals surface area contributed by atoms with Gasteiger partial charge in [0.15, 0.2) is 0 Å². The molecule has 0 aliphatic carbocycles. The second kappa shape index (κ2) is 10.5. The molecule has 0 spiro atoms. The quantitative estimate of drug-likeness (QED) is 0.290. The van der Waals surface area contributed by atoms with E-state index in [4.69, 9.17) is 15.3 Å². The van der Waals surface area contributed by atoms with Crippen molar-refractivity contribution in [1.29, 1.82) is 0 Å². The molecule has 0 aromatic heterocycles. The van der Waals surface area contributed by atoms with Crippen molar-refractivity contribution in [3.8, 4) is 0 Å². The first kappa shape index (κ1) is 25.3. The van der Waals surface area contributed by atoms with Crippen LogP contribution in [0.25, 0.3) is 0 Å². The molecular formula is HCr2NNa2O10. The summed E-state index contributed by atoms with van der Waals surface area (Å²) < 4.78 is 58.9. The first-order valence-electron chi connectivity index (χ1n) is 1.90. The Labute approximate surface area is 131 Å². The van der Waals surface area contributed by atoms with Crippen LogP contribution >= 0.6 is 0 Å². The molecule has 0 bridgehead atoms. The zero-order valence-corrected chi connectivity index (χ0v) is 13.9. The van der Waals surface area contributed by atoms with Crippen molar-refractivity contribution in [2.75, 3.05) is 0 Å². The molecular weight excluding hydrogens is 324 g/mol. The van der Waals surface area contributed by atoms with Crippen molar-refractivity contribution < 1.29 is 123 Å². The van der Waals surface area contributed by atoms with Crippen molar-refractivity contribution >= 4 is 0 Å². The standard InChI is InChI=1S/2Cr.HNO3.2Na.7O/c;;2-1(3)4;;;;;;;;;/h;;(H,2,3,4);;;;;;;;;/q;;;2*+1;;;;;;2*-1. The van der Waals surface area contributed by atoms with E-state index >= 15 is 0 Å². The van der Waals surface area contributed by atoms with Crippen LogP contribution in [0.15, 0.2) is 0 Å². The molecule has 15 heteroatoms. The van der Waals surface area contributed by atoms with Gasteiger partial charge in [-0.2, -0.15) is 0 Å². The molecule has 0 unspecified atom stereocenters. The maximum atomic E-state index is 9.38. The van der Waals surface area contributed by atoms with E-state index in [0.29, 0.717) is 0 Å². The van der Waals surface area contributed by atoms with Gasteiger partial charge in [0.05, 0.1) is 0 Å². The van der Waals surface area contributed by atoms with Gasteiger partial charge in [0.1, 0.15) is 0 Å². The first-order chi connectivity index (χ1) is 5.44. The normalized spacial score (nSPS) is 9.73. The third-order valence-electron chi connectivity index (χ3n) is 0.167. The topological polar surface area (TPSA) is 187 Å². The van der Waals surface area contributed by atoms with Crippen molar-refractivity contribution in [3.63, 3.8) is 0 Å². The zero-order chi connectivity index (χ0) is 11.3. The Bertz CT molecular complexity index is 317. The van der Waals surface area contributed by atoms with Gasteiger partial charge in [0, 0.05) is 0 Å². The van der Waals surface area contributed by atoms with Crippen LogP contribution in [0, 0.1) is 10.1 Å². The molecule has 0 amide bonds. The molecule has 0 saturated heterocycles. The van der Waals surface area contributed by atoms with Gasteiger partial charge in [-0.15, -0.1) is 10.1 Å². The molecule has 0 atom stereocenters. The third-order valence-corrected chi connectivity index (χ3v) is 2.83. The minimum absolute atomic E-state index is 0. The van der Waals surface area contributed by atoms with Crippen LogP contribution in [0.4, 0.5) is 0 Å². The SMILES string of the molecule is O=[N+]([O-])O.[Na+].[Na+].[O]=[Cr](=[O])([O-])[O][Cr](=[O])(=[O])[O-]. The van der Waals surface area contributed by atoms with Gasteiger partial charge in [-0.1, -0.05) is 0 Å². The van der Waals surface area contributed by atoms with E-state index in [-0.39, 0.29) is 59.1 Å². The van der Waals surface area contributed by atoms with E-state index < -0.39 is 32.3 Å². The predicted octanol–water partition coefficient (Wildman–Crippen LogP) is -9.27. The molecule has 0 aliphatic rings. The summed E-state index contributed by atoms with van der Waals surface area (Å²) in [6.07, 6.45) is 0. The molecule has 0 saturated carbocycles. The Morgan fingerprint density at radius 1 is 1.00 bits per heavy atom. The summed E-state index contributed by atoms with van der Waals surface area (Å²) in [7, 11) is 0. The molecule has 80 valence electrons. The molecule has 1 N–H and O–H groups in total. The number of hydrogen-bond donors (Lipinski definition) is 1. The summed E-state index contributed by atoms with van der Waals surface area (Å²) in [5.41, 5.74) is 0. The number of nitrogens with zero attached hydrogens (tertiary/aromatic N) is 1. The van der Waals surface area contributed by atoms with Crippen LogP contribution in [-0.2, 0) is 45.3 Å². The summed E-state index contributed by atoms with van der Waals surface area (Å²) in [5.74, 6) is 0. The van der Waals surface area contributed by atoms with Crippen LogP contribution in [0.3, 0.4) is 0 Å². The fourth-order valence-corrected chi connectivity index (χ4v) is 1.74. The second-order valence-electron chi connectivity index (χ2n) is 1.12. The van der Waals surface area contributed by atoms with E-state index in [1.807, 2.05) is 0 Å². The summed E-state index contributed by atoms with van der Waals surface area (Å²) in [6, 6.07) is 0. The molecule has 0 fully saturated rings. The summed E-state index contributed by atoms with van der Waals surface area (Å²) in [5, 5.41) is 13.6. The zero-order valence-electron chi connectivity index (χ0n) is 7.39. The first-order valence-corrected chi connectivity index (χ1v) is 6.06. The van der Waals surface area contributed by atoms with Gasteiger partial charge in [-0.3, -0.25) is 0 Å². The van der Waals surface area contributed by atoms with E-state index in [1.54, 1.807) is 0 Å². The van der Waals surface area contributed by atoms with Crippen molar-refractivity contribution in [2.24, 2.45) is 0 Å². The molecule has 15 heavy (non-hydrogen) atoms. The van der Waals surface area contributed by atoms with Crippen LogP contribution in [0.2, 0.25) is 0 Å². The van der Waals surface area contributed by atoms with Gasteiger partial charge >= 0.3 is 113 Å². The molecule has 0 rings (SSSR count). The maximum absolute atomic E-state index is 9.38. The van der Waals surface area contributed by atoms with Gasteiger partial charge in [0.25, 0.3) is 5.09 Å². The number of hydrogen-bond acceptors (Lipinski definition) is 9. The monoisotopic (exact) mass is 325 g/mol. The molecule has 0 aliphatic heterocycles. The molecule has 11 nitrogen and oxygen atoms in total. The molecule has 0 heterocycles. The van der Waals surface area contributed by atoms with Gasteiger partial charge in [0.2, 0.25) is 0 Å². The van der Waals surface area contributed by atoms with Gasteiger partial charge in [-0.25, -0.2) is 0 Å². The summed E-state index contributed by atoms with van der Waals surface area (Å²) in [4.78, 5) is 8.36.